The van der Waals surface area contributed by atoms with E-state index in [1.165, 1.54) is 11.8 Å². The standard InChI is InChI=1S/C17H21NO5/c1-11-4-5-14(8-12(11)2)13(3)18-16(19)10-23-17(20)15-9-21-6-7-22-15/h4-5,8-9,13H,6-7,10H2,1-3H3,(H,18,19)/t13-/m0/s1. The van der Waals surface area contributed by atoms with Gasteiger partial charge in [-0.15, -0.1) is 0 Å². The first-order valence-corrected chi connectivity index (χ1v) is 7.45. The number of rotatable bonds is 5. The summed E-state index contributed by atoms with van der Waals surface area (Å²) in [5, 5.41) is 2.79. The maximum Gasteiger partial charge on any atom is 0.377 e. The van der Waals surface area contributed by atoms with Crippen LogP contribution in [0.3, 0.4) is 0 Å². The first-order chi connectivity index (χ1) is 11.0. The zero-order chi connectivity index (χ0) is 16.8. The number of nitrogens with one attached hydrogen (secondary N) is 1. The van der Waals surface area contributed by atoms with Crippen LogP contribution < -0.4 is 5.32 Å². The van der Waals surface area contributed by atoms with Crippen LogP contribution in [-0.2, 0) is 23.8 Å². The van der Waals surface area contributed by atoms with Crippen molar-refractivity contribution in [1.82, 2.24) is 5.32 Å². The molecule has 0 spiro atoms. The highest BCUT2D eigenvalue weighted by Gasteiger charge is 2.18. The molecule has 2 rings (SSSR count). The molecule has 0 aliphatic carbocycles. The Bertz CT molecular complexity index is 623. The molecule has 1 atom stereocenters. The molecule has 0 aromatic heterocycles. The van der Waals surface area contributed by atoms with Crippen molar-refractivity contribution >= 4 is 11.9 Å². The molecule has 0 unspecified atom stereocenters. The molecule has 0 radical (unpaired) electrons. The highest BCUT2D eigenvalue weighted by atomic mass is 16.6. The van der Waals surface area contributed by atoms with Gasteiger partial charge in [0.1, 0.15) is 19.5 Å². The summed E-state index contributed by atoms with van der Waals surface area (Å²) in [6, 6.07) is 5.84. The molecule has 0 fully saturated rings. The smallest absolute Gasteiger partial charge is 0.377 e. The second-order valence-electron chi connectivity index (χ2n) is 5.41. The van der Waals surface area contributed by atoms with Crippen LogP contribution in [0, 0.1) is 13.8 Å². The highest BCUT2D eigenvalue weighted by molar-refractivity contribution is 5.88. The van der Waals surface area contributed by atoms with Crippen molar-refractivity contribution in [3.63, 3.8) is 0 Å². The van der Waals surface area contributed by atoms with Crippen molar-refractivity contribution in [1.29, 1.82) is 0 Å². The van der Waals surface area contributed by atoms with Gasteiger partial charge in [0, 0.05) is 0 Å². The number of aryl methyl sites for hydroxylation is 2. The van der Waals surface area contributed by atoms with Crippen molar-refractivity contribution in [2.45, 2.75) is 26.8 Å². The van der Waals surface area contributed by atoms with E-state index >= 15 is 0 Å². The van der Waals surface area contributed by atoms with Crippen molar-refractivity contribution in [3.05, 3.63) is 46.9 Å². The average molecular weight is 319 g/mol. The first kappa shape index (κ1) is 16.9. The van der Waals surface area contributed by atoms with Gasteiger partial charge in [0.15, 0.2) is 6.61 Å². The number of carbonyl (C=O) groups is 2. The Morgan fingerprint density at radius 1 is 1.26 bits per heavy atom. The zero-order valence-corrected chi connectivity index (χ0v) is 13.5. The van der Waals surface area contributed by atoms with Crippen LogP contribution in [0.1, 0.15) is 29.7 Å². The van der Waals surface area contributed by atoms with Crippen molar-refractivity contribution in [3.8, 4) is 0 Å². The fourth-order valence-corrected chi connectivity index (χ4v) is 2.08. The van der Waals surface area contributed by atoms with Gasteiger partial charge in [-0.3, -0.25) is 4.79 Å². The normalized spacial score (nSPS) is 14.8. The first-order valence-electron chi connectivity index (χ1n) is 7.45. The molecule has 0 bridgehead atoms. The number of hydrogen-bond donors (Lipinski definition) is 1. The van der Waals surface area contributed by atoms with Crippen LogP contribution in [-0.4, -0.2) is 31.7 Å². The van der Waals surface area contributed by atoms with Gasteiger partial charge in [0.05, 0.1) is 6.04 Å². The van der Waals surface area contributed by atoms with E-state index in [-0.39, 0.29) is 30.9 Å². The third-order valence-electron chi connectivity index (χ3n) is 3.59. The highest BCUT2D eigenvalue weighted by Crippen LogP contribution is 2.16. The molecule has 6 heteroatoms. The summed E-state index contributed by atoms with van der Waals surface area (Å²) in [5.41, 5.74) is 3.36. The molecule has 1 amide bonds. The van der Waals surface area contributed by atoms with Crippen molar-refractivity contribution < 1.29 is 23.8 Å². The van der Waals surface area contributed by atoms with Gasteiger partial charge in [0.2, 0.25) is 5.76 Å². The lowest BCUT2D eigenvalue weighted by Crippen LogP contribution is -2.31. The molecule has 1 aliphatic heterocycles. The zero-order valence-electron chi connectivity index (χ0n) is 13.5. The SMILES string of the molecule is Cc1ccc([C@H](C)NC(=O)COC(=O)C2=COCCO2)cc1C. The van der Waals surface area contributed by atoms with Crippen LogP contribution in [0.4, 0.5) is 0 Å². The van der Waals surface area contributed by atoms with Gasteiger partial charge in [0.25, 0.3) is 5.91 Å². The molecular formula is C17H21NO5. The summed E-state index contributed by atoms with van der Waals surface area (Å²) in [4.78, 5) is 23.6. The monoisotopic (exact) mass is 319 g/mol. The third-order valence-corrected chi connectivity index (χ3v) is 3.59. The molecule has 1 N–H and O–H groups in total. The summed E-state index contributed by atoms with van der Waals surface area (Å²) >= 11 is 0. The molecule has 1 heterocycles. The minimum atomic E-state index is -0.710. The van der Waals surface area contributed by atoms with E-state index in [4.69, 9.17) is 14.2 Å². The van der Waals surface area contributed by atoms with E-state index in [1.54, 1.807) is 0 Å². The molecule has 6 nitrogen and oxygen atoms in total. The molecule has 1 aromatic rings. The lowest BCUT2D eigenvalue weighted by Gasteiger charge is -2.17. The van der Waals surface area contributed by atoms with Gasteiger partial charge in [-0.1, -0.05) is 18.2 Å². The predicted molar refractivity (Wildman–Crippen MR) is 83.4 cm³/mol. The largest absolute Gasteiger partial charge is 0.493 e. The maximum atomic E-state index is 11.9. The van der Waals surface area contributed by atoms with E-state index in [0.29, 0.717) is 6.61 Å². The van der Waals surface area contributed by atoms with Crippen LogP contribution >= 0.6 is 0 Å². The Morgan fingerprint density at radius 3 is 2.70 bits per heavy atom. The Hall–Kier alpha value is -2.50. The molecule has 0 saturated carbocycles. The minimum absolute atomic E-state index is 0.0220. The number of esters is 1. The molecule has 23 heavy (non-hydrogen) atoms. The van der Waals surface area contributed by atoms with Gasteiger partial charge >= 0.3 is 5.97 Å². The number of hydrogen-bond acceptors (Lipinski definition) is 5. The number of benzene rings is 1. The number of carbonyl (C=O) groups excluding carboxylic acids is 2. The van der Waals surface area contributed by atoms with Crippen LogP contribution in [0.25, 0.3) is 0 Å². The van der Waals surface area contributed by atoms with Gasteiger partial charge in [-0.25, -0.2) is 4.79 Å². The van der Waals surface area contributed by atoms with Crippen molar-refractivity contribution in [2.24, 2.45) is 0 Å². The molecular weight excluding hydrogens is 298 g/mol. The Morgan fingerprint density at radius 2 is 2.04 bits per heavy atom. The minimum Gasteiger partial charge on any atom is -0.493 e. The molecule has 1 aliphatic rings. The molecule has 0 saturated heterocycles. The fraction of sp³-hybridized carbons (Fsp3) is 0.412. The van der Waals surface area contributed by atoms with E-state index < -0.39 is 5.97 Å². The molecule has 124 valence electrons. The van der Waals surface area contributed by atoms with Crippen LogP contribution in [0.15, 0.2) is 30.2 Å². The predicted octanol–water partition coefficient (Wildman–Crippen LogP) is 1.91. The second kappa shape index (κ2) is 7.67. The topological polar surface area (TPSA) is 73.9 Å². The number of ether oxygens (including phenoxy) is 3. The van der Waals surface area contributed by atoms with Crippen LogP contribution in [0.5, 0.6) is 0 Å². The van der Waals surface area contributed by atoms with Crippen LogP contribution in [0.2, 0.25) is 0 Å². The fourth-order valence-electron chi connectivity index (χ4n) is 2.08. The Balaban J connectivity index is 1.83. The quantitative estimate of drug-likeness (QED) is 0.839. The lowest BCUT2D eigenvalue weighted by molar-refractivity contribution is -0.149. The third kappa shape index (κ3) is 4.74. The van der Waals surface area contributed by atoms with Gasteiger partial charge < -0.3 is 19.5 Å². The summed E-state index contributed by atoms with van der Waals surface area (Å²) in [6.07, 6.45) is 1.20. The maximum absolute atomic E-state index is 11.9. The summed E-state index contributed by atoms with van der Waals surface area (Å²) in [7, 11) is 0. The summed E-state index contributed by atoms with van der Waals surface area (Å²) in [6.45, 7) is 6.25. The average Bonchev–Trinajstić information content (AvgIpc) is 2.55. The summed E-state index contributed by atoms with van der Waals surface area (Å²) < 4.78 is 14.9. The number of amides is 1. The summed E-state index contributed by atoms with van der Waals surface area (Å²) in [5.74, 6) is -1.11. The van der Waals surface area contributed by atoms with Gasteiger partial charge in [-0.2, -0.15) is 0 Å². The second-order valence-corrected chi connectivity index (χ2v) is 5.41. The lowest BCUT2D eigenvalue weighted by atomic mass is 10.0. The Kier molecular flexibility index (Phi) is 5.62. The van der Waals surface area contributed by atoms with E-state index in [0.717, 1.165) is 11.1 Å². The van der Waals surface area contributed by atoms with E-state index in [2.05, 4.69) is 5.32 Å². The van der Waals surface area contributed by atoms with Crippen molar-refractivity contribution in [2.75, 3.05) is 19.8 Å². The van der Waals surface area contributed by atoms with Gasteiger partial charge in [-0.05, 0) is 37.5 Å². The van der Waals surface area contributed by atoms with E-state index in [9.17, 15) is 9.59 Å². The van der Waals surface area contributed by atoms with E-state index in [1.807, 2.05) is 39.0 Å². The Labute approximate surface area is 135 Å². The molecule has 1 aromatic carbocycles.